The zero-order chi connectivity index (χ0) is 48.6. The fraction of sp³-hybridized carbons (Fsp3) is 0.489. The average Bonchev–Trinajstić information content (AvgIpc) is 3.19. The van der Waals surface area contributed by atoms with E-state index in [0.29, 0.717) is 24.2 Å². The van der Waals surface area contributed by atoms with Gasteiger partial charge in [0.1, 0.15) is 51.5 Å². The van der Waals surface area contributed by atoms with Gasteiger partial charge in [0.05, 0.1) is 7.11 Å². The number of nitrogens with one attached hydrogen (secondary N) is 2. The van der Waals surface area contributed by atoms with Crippen LogP contribution in [0.5, 0.6) is 23.0 Å². The topological polar surface area (TPSA) is 318 Å². The highest BCUT2D eigenvalue weighted by molar-refractivity contribution is 5.92. The number of rotatable bonds is 22. The highest BCUT2D eigenvalue weighted by Gasteiger charge is 2.30. The van der Waals surface area contributed by atoms with Crippen molar-refractivity contribution in [3.05, 3.63) is 57.8 Å². The van der Waals surface area contributed by atoms with Crippen molar-refractivity contribution >= 4 is 46.6 Å². The van der Waals surface area contributed by atoms with Crippen LogP contribution in [0, 0.1) is 0 Å². The van der Waals surface area contributed by atoms with E-state index in [1.54, 1.807) is 65.8 Å². The number of benzene rings is 2. The van der Waals surface area contributed by atoms with Gasteiger partial charge in [0, 0.05) is 30.3 Å². The molecule has 20 nitrogen and oxygen atoms in total. The number of guanidine groups is 2. The van der Waals surface area contributed by atoms with E-state index in [2.05, 4.69) is 20.6 Å². The molecule has 1 aromatic heterocycles. The van der Waals surface area contributed by atoms with Gasteiger partial charge in [0.15, 0.2) is 30.9 Å². The first kappa shape index (κ1) is 52.4. The number of phenols is 1. The minimum absolute atomic E-state index is 0.00544. The van der Waals surface area contributed by atoms with Crippen molar-refractivity contribution in [3.63, 3.8) is 0 Å². The van der Waals surface area contributed by atoms with Gasteiger partial charge >= 0.3 is 11.9 Å². The first-order chi connectivity index (χ1) is 30.4. The van der Waals surface area contributed by atoms with Gasteiger partial charge in [-0.05, 0) is 112 Å². The number of amides is 2. The number of methoxy groups -OCH3 is 1. The van der Waals surface area contributed by atoms with Crippen molar-refractivity contribution in [1.29, 1.82) is 0 Å². The van der Waals surface area contributed by atoms with Crippen LogP contribution in [-0.2, 0) is 35.1 Å². The normalized spacial score (nSPS) is 12.2. The Morgan fingerprint density at radius 1 is 0.800 bits per heavy atom. The number of carbonyl (C=O) groups excluding carboxylic acids is 4. The minimum atomic E-state index is -1.12. The monoisotopic (exact) mass is 908 g/mol. The molecule has 2 atom stereocenters. The van der Waals surface area contributed by atoms with E-state index in [-0.39, 0.29) is 72.3 Å². The molecule has 0 fully saturated rings. The molecule has 2 aromatic carbocycles. The number of nitrogens with zero attached hydrogens (tertiary/aromatic N) is 2. The Labute approximate surface area is 378 Å². The molecule has 0 aliphatic heterocycles. The molecule has 2 amide bonds. The third-order valence-electron chi connectivity index (χ3n) is 8.88. The molecule has 0 saturated heterocycles. The Balaban J connectivity index is 2.08. The van der Waals surface area contributed by atoms with E-state index in [1.165, 1.54) is 13.2 Å². The predicted molar refractivity (Wildman–Crippen MR) is 246 cm³/mol. The molecule has 65 heavy (non-hydrogen) atoms. The van der Waals surface area contributed by atoms with Crippen LogP contribution in [0.3, 0.4) is 0 Å². The number of aromatic hydroxyl groups is 1. The molecule has 0 saturated carbocycles. The molecule has 3 aromatic rings. The van der Waals surface area contributed by atoms with Gasteiger partial charge in [-0.15, -0.1) is 0 Å². The lowest BCUT2D eigenvalue weighted by Gasteiger charge is -2.24. The minimum Gasteiger partial charge on any atom is -0.507 e. The Hall–Kier alpha value is -6.99. The number of hydrogen-bond acceptors (Lipinski definition) is 14. The van der Waals surface area contributed by atoms with Crippen molar-refractivity contribution in [2.45, 2.75) is 111 Å². The standard InChI is InChI=1S/C45H64N8O12/c1-25(2)14-19-28-32(61-23-33(55)52-29(12-10-20-50-42(46)47)40(58)64-44(3,4)5)22-31(54)35-36(57)39(37(63-38(28)35)26-15-17-27(60-9)18-16-26)62-24-34(56)53-30(13-11-21-51-43(48)49)41(59)65-45(6,7)8/h14-18,22,29-30,54H,10-13,19-21,23-24H2,1-9H3,(H,52,55)(H,53,56)(H4,46,47,50)(H4,48,49,51)/t29-,30-/m0/s1. The van der Waals surface area contributed by atoms with Crippen LogP contribution in [0.15, 0.2) is 61.2 Å². The summed E-state index contributed by atoms with van der Waals surface area (Å²) in [5, 5.41) is 16.4. The number of aliphatic imine (C=N–C) groups is 2. The molecule has 0 aliphatic carbocycles. The molecule has 0 spiro atoms. The second kappa shape index (κ2) is 23.6. The fourth-order valence-corrected chi connectivity index (χ4v) is 6.06. The lowest BCUT2D eigenvalue weighted by Crippen LogP contribution is -2.46. The maximum atomic E-state index is 14.5. The van der Waals surface area contributed by atoms with Crippen LogP contribution < -0.4 is 53.2 Å². The van der Waals surface area contributed by atoms with Crippen molar-refractivity contribution in [3.8, 4) is 34.3 Å². The van der Waals surface area contributed by atoms with Crippen LogP contribution in [0.1, 0.15) is 86.6 Å². The summed E-state index contributed by atoms with van der Waals surface area (Å²) < 4.78 is 34.7. The third-order valence-corrected chi connectivity index (χ3v) is 8.88. The lowest BCUT2D eigenvalue weighted by molar-refractivity contribution is -0.159. The van der Waals surface area contributed by atoms with Gasteiger partial charge in [0.25, 0.3) is 11.8 Å². The summed E-state index contributed by atoms with van der Waals surface area (Å²) in [6, 6.07) is 5.42. The molecule has 3 rings (SSSR count). The Kier molecular flexibility index (Phi) is 19.0. The molecule has 1 heterocycles. The molecule has 0 unspecified atom stereocenters. The average molecular weight is 909 g/mol. The maximum absolute atomic E-state index is 14.5. The number of allylic oxidation sites excluding steroid dienone is 2. The zero-order valence-corrected chi connectivity index (χ0v) is 38.6. The van der Waals surface area contributed by atoms with E-state index in [1.807, 2.05) is 19.9 Å². The largest absolute Gasteiger partial charge is 0.507 e. The Morgan fingerprint density at radius 2 is 1.29 bits per heavy atom. The number of nitrogens with two attached hydrogens (primary N) is 4. The quantitative estimate of drug-likeness (QED) is 0.0250. The van der Waals surface area contributed by atoms with Gasteiger partial charge < -0.3 is 66.8 Å². The molecule has 0 bridgehead atoms. The highest BCUT2D eigenvalue weighted by atomic mass is 16.6. The van der Waals surface area contributed by atoms with Gasteiger partial charge in [0.2, 0.25) is 11.2 Å². The summed E-state index contributed by atoms with van der Waals surface area (Å²) >= 11 is 0. The van der Waals surface area contributed by atoms with Crippen molar-refractivity contribution in [2.24, 2.45) is 32.9 Å². The zero-order valence-electron chi connectivity index (χ0n) is 38.6. The molecule has 0 aliphatic rings. The number of phenolic OH excluding ortho intramolecular Hbond substituents is 1. The number of hydrogen-bond donors (Lipinski definition) is 7. The molecule has 356 valence electrons. The lowest BCUT2D eigenvalue weighted by atomic mass is 10.0. The van der Waals surface area contributed by atoms with Crippen molar-refractivity contribution < 1.29 is 52.4 Å². The number of esters is 2. The summed E-state index contributed by atoms with van der Waals surface area (Å²) in [7, 11) is 1.48. The van der Waals surface area contributed by atoms with Gasteiger partial charge in [-0.3, -0.25) is 24.4 Å². The van der Waals surface area contributed by atoms with E-state index in [0.717, 1.165) is 5.57 Å². The molecular formula is C45H64N8O12. The first-order valence-electron chi connectivity index (χ1n) is 20.9. The molecular weight excluding hydrogens is 845 g/mol. The smallest absolute Gasteiger partial charge is 0.329 e. The summed E-state index contributed by atoms with van der Waals surface area (Å²) in [4.78, 5) is 75.4. The fourth-order valence-electron chi connectivity index (χ4n) is 6.06. The van der Waals surface area contributed by atoms with Crippen LogP contribution >= 0.6 is 0 Å². The van der Waals surface area contributed by atoms with Crippen LogP contribution in [0.4, 0.5) is 0 Å². The number of carbonyl (C=O) groups is 4. The third kappa shape index (κ3) is 17.2. The summed E-state index contributed by atoms with van der Waals surface area (Å²) in [6.45, 7) is 12.9. The van der Waals surface area contributed by atoms with E-state index in [9.17, 15) is 29.1 Å². The Bertz CT molecular complexity index is 2300. The maximum Gasteiger partial charge on any atom is 0.329 e. The van der Waals surface area contributed by atoms with Gasteiger partial charge in [-0.25, -0.2) is 9.59 Å². The highest BCUT2D eigenvalue weighted by Crippen LogP contribution is 2.40. The molecule has 0 radical (unpaired) electrons. The van der Waals surface area contributed by atoms with Crippen molar-refractivity contribution in [2.75, 3.05) is 33.4 Å². The van der Waals surface area contributed by atoms with E-state index >= 15 is 0 Å². The number of ether oxygens (including phenoxy) is 5. The van der Waals surface area contributed by atoms with Crippen molar-refractivity contribution in [1.82, 2.24) is 10.6 Å². The van der Waals surface area contributed by atoms with Gasteiger partial charge in [-0.1, -0.05) is 11.6 Å². The summed E-state index contributed by atoms with van der Waals surface area (Å²) in [5.74, 6) is -3.73. The van der Waals surface area contributed by atoms with E-state index < -0.39 is 77.2 Å². The Morgan fingerprint density at radius 3 is 1.74 bits per heavy atom. The van der Waals surface area contributed by atoms with Crippen LogP contribution in [0.2, 0.25) is 0 Å². The summed E-state index contributed by atoms with van der Waals surface area (Å²) in [6.07, 6.45) is 2.87. The predicted octanol–water partition coefficient (Wildman–Crippen LogP) is 3.20. The molecule has 11 N–H and O–H groups in total. The summed E-state index contributed by atoms with van der Waals surface area (Å²) in [5.41, 5.74) is 20.6. The number of fused-ring (bicyclic) bond motifs is 1. The molecule has 20 heteroatoms. The SMILES string of the molecule is COc1ccc(-c2oc3c(CC=C(C)C)c(OCC(=O)N[C@@H](CCCN=C(N)N)C(=O)OC(C)(C)C)cc(O)c3c(=O)c2OCC(=O)N[C@@H](CCCN=C(N)N)C(=O)OC(C)(C)C)cc1. The van der Waals surface area contributed by atoms with E-state index in [4.69, 9.17) is 51.0 Å². The van der Waals surface area contributed by atoms with Crippen LogP contribution in [0.25, 0.3) is 22.3 Å². The van der Waals surface area contributed by atoms with Gasteiger partial charge in [-0.2, -0.15) is 0 Å². The van der Waals surface area contributed by atoms with Crippen LogP contribution in [-0.4, -0.2) is 97.5 Å². The first-order valence-corrected chi connectivity index (χ1v) is 20.9. The second-order valence-electron chi connectivity index (χ2n) is 17.2. The second-order valence-corrected chi connectivity index (χ2v) is 17.2.